The number of hydrogen-bond donors (Lipinski definition) is 1. The highest BCUT2D eigenvalue weighted by atomic mass is 32.2. The van der Waals surface area contributed by atoms with E-state index in [-0.39, 0.29) is 17.5 Å². The number of benzene rings is 1. The lowest BCUT2D eigenvalue weighted by molar-refractivity contribution is 0.410. The lowest BCUT2D eigenvalue weighted by Gasteiger charge is -2.27. The SMILES string of the molecule is CCN(c1nc(C)cc(NCc2ccccc2OC)n1)C1CCS(=O)(=O)C1. The third-order valence-corrected chi connectivity index (χ3v) is 6.49. The summed E-state index contributed by atoms with van der Waals surface area (Å²) in [5.74, 6) is 2.51. The third kappa shape index (κ3) is 4.68. The standard InChI is InChI=1S/C19H26N4O3S/c1-4-23(16-9-10-27(24,25)13-16)19-21-14(2)11-18(22-19)20-12-15-7-5-6-8-17(15)26-3/h5-8,11,16H,4,9-10,12-13H2,1-3H3,(H,20,21,22). The fourth-order valence-corrected chi connectivity index (χ4v) is 5.12. The summed E-state index contributed by atoms with van der Waals surface area (Å²) in [5.41, 5.74) is 1.87. The fourth-order valence-electron chi connectivity index (χ4n) is 3.39. The number of hydrogen-bond acceptors (Lipinski definition) is 7. The van der Waals surface area contributed by atoms with Crippen molar-refractivity contribution < 1.29 is 13.2 Å². The minimum atomic E-state index is -2.96. The highest BCUT2D eigenvalue weighted by Crippen LogP contribution is 2.24. The van der Waals surface area contributed by atoms with Crippen LogP contribution in [0.25, 0.3) is 0 Å². The molecular weight excluding hydrogens is 364 g/mol. The Bertz CT molecular complexity index is 902. The highest BCUT2D eigenvalue weighted by Gasteiger charge is 2.33. The van der Waals surface area contributed by atoms with Crippen molar-refractivity contribution in [1.82, 2.24) is 9.97 Å². The van der Waals surface area contributed by atoms with Crippen molar-refractivity contribution in [2.24, 2.45) is 0 Å². The van der Waals surface area contributed by atoms with Gasteiger partial charge in [-0.2, -0.15) is 4.98 Å². The lowest BCUT2D eigenvalue weighted by atomic mass is 10.2. The van der Waals surface area contributed by atoms with Crippen LogP contribution in [0.5, 0.6) is 5.75 Å². The summed E-state index contributed by atoms with van der Waals surface area (Å²) in [6.07, 6.45) is 0.622. The number of methoxy groups -OCH3 is 1. The summed E-state index contributed by atoms with van der Waals surface area (Å²) in [7, 11) is -1.31. The summed E-state index contributed by atoms with van der Waals surface area (Å²) in [4.78, 5) is 11.2. The molecule has 0 amide bonds. The molecule has 27 heavy (non-hydrogen) atoms. The molecule has 0 aliphatic carbocycles. The maximum atomic E-state index is 11.9. The molecule has 1 fully saturated rings. The van der Waals surface area contributed by atoms with Crippen LogP contribution < -0.4 is 15.0 Å². The van der Waals surface area contributed by atoms with Gasteiger partial charge in [-0.25, -0.2) is 13.4 Å². The molecule has 146 valence electrons. The van der Waals surface area contributed by atoms with Gasteiger partial charge in [0.2, 0.25) is 5.95 Å². The van der Waals surface area contributed by atoms with Gasteiger partial charge < -0.3 is 15.0 Å². The number of nitrogens with one attached hydrogen (secondary N) is 1. The molecule has 1 aromatic carbocycles. The predicted octanol–water partition coefficient (Wildman–Crippen LogP) is 2.42. The van der Waals surface area contributed by atoms with E-state index in [1.807, 2.05) is 49.1 Å². The first-order valence-corrected chi connectivity index (χ1v) is 10.9. The van der Waals surface area contributed by atoms with Crippen LogP contribution >= 0.6 is 0 Å². The average molecular weight is 391 g/mol. The molecule has 1 unspecified atom stereocenters. The van der Waals surface area contributed by atoms with Crippen LogP contribution in [0.2, 0.25) is 0 Å². The van der Waals surface area contributed by atoms with Gasteiger partial charge in [0, 0.05) is 36.5 Å². The Morgan fingerprint density at radius 2 is 2.07 bits per heavy atom. The number of aryl methyl sites for hydroxylation is 1. The second-order valence-corrected chi connectivity index (χ2v) is 8.93. The normalized spacial score (nSPS) is 18.3. The Kier molecular flexibility index (Phi) is 5.84. The monoisotopic (exact) mass is 390 g/mol. The largest absolute Gasteiger partial charge is 0.496 e. The Morgan fingerprint density at radius 1 is 1.30 bits per heavy atom. The fraction of sp³-hybridized carbons (Fsp3) is 0.474. The van der Waals surface area contributed by atoms with Gasteiger partial charge in [-0.1, -0.05) is 18.2 Å². The van der Waals surface area contributed by atoms with Crippen molar-refractivity contribution in [3.8, 4) is 5.75 Å². The average Bonchev–Trinajstić information content (AvgIpc) is 3.00. The van der Waals surface area contributed by atoms with E-state index in [1.54, 1.807) is 7.11 Å². The summed E-state index contributed by atoms with van der Waals surface area (Å²) in [6.45, 7) is 5.15. The van der Waals surface area contributed by atoms with Gasteiger partial charge >= 0.3 is 0 Å². The highest BCUT2D eigenvalue weighted by molar-refractivity contribution is 7.91. The van der Waals surface area contributed by atoms with Gasteiger partial charge in [-0.05, 0) is 26.3 Å². The van der Waals surface area contributed by atoms with Crippen molar-refractivity contribution in [2.45, 2.75) is 32.9 Å². The molecule has 7 nitrogen and oxygen atoms in total. The van der Waals surface area contributed by atoms with Crippen molar-refractivity contribution in [1.29, 1.82) is 0 Å². The first-order valence-electron chi connectivity index (χ1n) is 9.10. The lowest BCUT2D eigenvalue weighted by Crippen LogP contribution is -2.37. The second-order valence-electron chi connectivity index (χ2n) is 6.70. The third-order valence-electron chi connectivity index (χ3n) is 4.74. The topological polar surface area (TPSA) is 84.4 Å². The van der Waals surface area contributed by atoms with Gasteiger partial charge in [0.1, 0.15) is 11.6 Å². The van der Waals surface area contributed by atoms with Crippen LogP contribution in [0.4, 0.5) is 11.8 Å². The second kappa shape index (κ2) is 8.12. The molecule has 0 radical (unpaired) electrons. The number of nitrogens with zero attached hydrogens (tertiary/aromatic N) is 3. The van der Waals surface area contributed by atoms with Crippen LogP contribution in [0.3, 0.4) is 0 Å². The molecule has 0 saturated carbocycles. The molecule has 2 aromatic rings. The number of sulfone groups is 1. The maximum absolute atomic E-state index is 11.9. The molecule has 0 bridgehead atoms. The number of aromatic nitrogens is 2. The minimum absolute atomic E-state index is 0.0659. The first kappa shape index (κ1) is 19.4. The van der Waals surface area contributed by atoms with Gasteiger partial charge in [-0.15, -0.1) is 0 Å². The maximum Gasteiger partial charge on any atom is 0.227 e. The number of ether oxygens (including phenoxy) is 1. The van der Waals surface area contributed by atoms with E-state index in [2.05, 4.69) is 15.3 Å². The Hall–Kier alpha value is -2.35. The molecule has 1 aliphatic rings. The molecule has 1 aromatic heterocycles. The molecule has 1 aliphatic heterocycles. The van der Waals surface area contributed by atoms with Crippen molar-refractivity contribution in [2.75, 3.05) is 35.4 Å². The van der Waals surface area contributed by atoms with E-state index in [4.69, 9.17) is 4.74 Å². The Morgan fingerprint density at radius 3 is 2.74 bits per heavy atom. The summed E-state index contributed by atoms with van der Waals surface area (Å²) < 4.78 is 29.1. The smallest absolute Gasteiger partial charge is 0.227 e. The van der Waals surface area contributed by atoms with E-state index in [0.29, 0.717) is 31.3 Å². The van der Waals surface area contributed by atoms with Crippen LogP contribution in [-0.2, 0) is 16.4 Å². The molecule has 0 spiro atoms. The van der Waals surface area contributed by atoms with E-state index in [0.717, 1.165) is 17.0 Å². The number of anilines is 2. The minimum Gasteiger partial charge on any atom is -0.496 e. The quantitative estimate of drug-likeness (QED) is 0.777. The predicted molar refractivity (Wildman–Crippen MR) is 107 cm³/mol. The first-order chi connectivity index (χ1) is 12.9. The van der Waals surface area contributed by atoms with Crippen molar-refractivity contribution in [3.63, 3.8) is 0 Å². The van der Waals surface area contributed by atoms with E-state index >= 15 is 0 Å². The Labute approximate surface area is 160 Å². The number of rotatable bonds is 7. The zero-order chi connectivity index (χ0) is 19.4. The molecule has 1 N–H and O–H groups in total. The van der Waals surface area contributed by atoms with E-state index in [9.17, 15) is 8.42 Å². The van der Waals surface area contributed by atoms with Gasteiger partial charge in [-0.3, -0.25) is 0 Å². The molecule has 3 rings (SSSR count). The summed E-state index contributed by atoms with van der Waals surface area (Å²) in [5, 5.41) is 3.33. The van der Waals surface area contributed by atoms with E-state index in [1.165, 1.54) is 0 Å². The summed E-state index contributed by atoms with van der Waals surface area (Å²) in [6, 6.07) is 9.65. The van der Waals surface area contributed by atoms with Crippen molar-refractivity contribution in [3.05, 3.63) is 41.6 Å². The zero-order valence-corrected chi connectivity index (χ0v) is 16.8. The van der Waals surface area contributed by atoms with Gasteiger partial charge in [0.15, 0.2) is 9.84 Å². The molecule has 1 saturated heterocycles. The van der Waals surface area contributed by atoms with E-state index < -0.39 is 9.84 Å². The molecule has 1 atom stereocenters. The van der Waals surface area contributed by atoms with Crippen molar-refractivity contribution >= 4 is 21.6 Å². The van der Waals surface area contributed by atoms with Crippen LogP contribution in [0, 0.1) is 6.92 Å². The summed E-state index contributed by atoms with van der Waals surface area (Å²) >= 11 is 0. The van der Waals surface area contributed by atoms with Gasteiger partial charge in [0.25, 0.3) is 0 Å². The molecule has 8 heteroatoms. The molecule has 2 heterocycles. The van der Waals surface area contributed by atoms with Gasteiger partial charge in [0.05, 0.1) is 18.6 Å². The Balaban J connectivity index is 1.79. The van der Waals surface area contributed by atoms with Crippen LogP contribution in [0.15, 0.2) is 30.3 Å². The molecular formula is C19H26N4O3S. The zero-order valence-electron chi connectivity index (χ0n) is 16.0. The van der Waals surface area contributed by atoms with Crippen LogP contribution in [0.1, 0.15) is 24.6 Å². The number of para-hydroxylation sites is 1. The van der Waals surface area contributed by atoms with Crippen LogP contribution in [-0.4, -0.2) is 49.6 Å².